The van der Waals surface area contributed by atoms with Gasteiger partial charge < -0.3 is 22.7 Å². The SMILES string of the molecule is C[N+]1(CC#N)CCCC1.C[N+]1(CC#N)CCCCC1.C[N+]1(CC#N)CCCCCC1.C[N+]1(CC#N)CCOCC1.Cc1ccc(S(=O)(=O)O)cc1.Cc1ccc(S(=O)(=O)O)cc1.Cc1ccc(S(=O)(=O)O)cc1.Cc1ccc(S(=O)(=O)O)cc1. The second kappa shape index (κ2) is 37.0. The second-order valence-corrected chi connectivity index (χ2v) is 28.2. The number of hydrogen-bond donors (Lipinski definition) is 4. The minimum absolute atomic E-state index is 0.0666. The van der Waals surface area contributed by atoms with Gasteiger partial charge in [-0.15, -0.1) is 0 Å². The number of aryl methyl sites for hydroxylation is 4. The molecule has 4 aliphatic rings. The quantitative estimate of drug-likeness (QED) is 0.0731. The molecule has 4 saturated heterocycles. The number of ether oxygens (including phenoxy) is 1. The number of benzene rings is 4. The summed E-state index contributed by atoms with van der Waals surface area (Å²) in [6.07, 6.45) is 11.9. The molecule has 25 heteroatoms. The molecule has 8 rings (SSSR count). The van der Waals surface area contributed by atoms with E-state index < -0.39 is 40.5 Å². The minimum atomic E-state index is -4.02. The molecule has 0 aromatic heterocycles. The number of rotatable bonds is 8. The van der Waals surface area contributed by atoms with Crippen LogP contribution in [0.1, 0.15) is 80.0 Å². The van der Waals surface area contributed by atoms with Crippen LogP contribution in [-0.4, -0.2) is 190 Å². The number of morpholine rings is 1. The highest BCUT2D eigenvalue weighted by Gasteiger charge is 2.27. The van der Waals surface area contributed by atoms with Gasteiger partial charge in [0.15, 0.2) is 26.2 Å². The Labute approximate surface area is 501 Å². The fraction of sp³-hybridized carbons (Fsp3) is 0.525. The Hall–Kier alpha value is -5.72. The molecule has 84 heavy (non-hydrogen) atoms. The molecular weight excluding hydrogens is 1160 g/mol. The van der Waals surface area contributed by atoms with Gasteiger partial charge >= 0.3 is 0 Å². The van der Waals surface area contributed by atoms with Crippen molar-refractivity contribution in [2.75, 3.05) is 120 Å². The van der Waals surface area contributed by atoms with Gasteiger partial charge in [-0.25, -0.2) is 0 Å². The Balaban J connectivity index is 0.000000480. The third kappa shape index (κ3) is 33.1. The van der Waals surface area contributed by atoms with Crippen LogP contribution in [0.4, 0.5) is 0 Å². The number of piperidine rings is 1. The van der Waals surface area contributed by atoms with E-state index in [9.17, 15) is 33.7 Å². The molecule has 4 N–H and O–H groups in total. The molecule has 0 bridgehead atoms. The summed E-state index contributed by atoms with van der Waals surface area (Å²) >= 11 is 0. The third-order valence-electron chi connectivity index (χ3n) is 14.3. The number of likely N-dealkylation sites (tertiary alicyclic amines) is 3. The lowest BCUT2D eigenvalue weighted by molar-refractivity contribution is -0.910. The number of hydrogen-bond acceptors (Lipinski definition) is 13. The molecule has 4 heterocycles. The Morgan fingerprint density at radius 3 is 0.679 bits per heavy atom. The van der Waals surface area contributed by atoms with Crippen LogP contribution in [0.25, 0.3) is 0 Å². The summed E-state index contributed by atoms with van der Waals surface area (Å²) < 4.78 is 127. The van der Waals surface area contributed by atoms with Crippen LogP contribution in [0.15, 0.2) is 117 Å². The molecule has 0 amide bonds. The zero-order valence-corrected chi connectivity index (χ0v) is 53.4. The average Bonchev–Trinajstić information content (AvgIpc) is 3.85. The number of quaternary nitrogens is 4. The topological polar surface area (TPSA) is 322 Å². The van der Waals surface area contributed by atoms with Crippen molar-refractivity contribution in [2.24, 2.45) is 0 Å². The van der Waals surface area contributed by atoms with Crippen molar-refractivity contribution in [1.82, 2.24) is 0 Å². The highest BCUT2D eigenvalue weighted by molar-refractivity contribution is 7.86. The smallest absolute Gasteiger partial charge is 0.294 e. The molecule has 21 nitrogen and oxygen atoms in total. The summed E-state index contributed by atoms with van der Waals surface area (Å²) in [5.41, 5.74) is 3.82. The minimum Gasteiger partial charge on any atom is -0.370 e. The van der Waals surface area contributed by atoms with E-state index in [1.807, 2.05) is 27.7 Å². The molecule has 4 aliphatic heterocycles. The van der Waals surface area contributed by atoms with Gasteiger partial charge in [0.2, 0.25) is 0 Å². The van der Waals surface area contributed by atoms with Crippen LogP contribution >= 0.6 is 0 Å². The summed E-state index contributed by atoms with van der Waals surface area (Å²) in [6.45, 7) is 20.8. The maximum Gasteiger partial charge on any atom is 0.294 e. The van der Waals surface area contributed by atoms with Crippen LogP contribution in [0.5, 0.6) is 0 Å². The molecule has 0 aliphatic carbocycles. The van der Waals surface area contributed by atoms with E-state index in [4.69, 9.17) is 44.0 Å². The van der Waals surface area contributed by atoms with Gasteiger partial charge in [0, 0.05) is 12.8 Å². The van der Waals surface area contributed by atoms with Crippen molar-refractivity contribution in [3.8, 4) is 24.3 Å². The predicted molar refractivity (Wildman–Crippen MR) is 322 cm³/mol. The molecule has 0 radical (unpaired) electrons. The molecule has 4 fully saturated rings. The normalized spacial score (nSPS) is 17.2. The summed E-state index contributed by atoms with van der Waals surface area (Å²) in [7, 11) is -7.43. The molecular formula is C59H90N8O13S4+4. The van der Waals surface area contributed by atoms with Gasteiger partial charge in [-0.3, -0.25) is 18.2 Å². The van der Waals surface area contributed by atoms with Gasteiger partial charge in [0.1, 0.15) is 37.4 Å². The summed E-state index contributed by atoms with van der Waals surface area (Å²) in [5.74, 6) is 0. The summed E-state index contributed by atoms with van der Waals surface area (Å²) in [4.78, 5) is -0.266. The van der Waals surface area contributed by atoms with Crippen LogP contribution in [0.3, 0.4) is 0 Å². The van der Waals surface area contributed by atoms with Gasteiger partial charge in [-0.05, 0) is 121 Å². The number of nitrogens with zero attached hydrogens (tertiary/aromatic N) is 8. The van der Waals surface area contributed by atoms with Crippen LogP contribution in [-0.2, 0) is 45.2 Å². The first kappa shape index (κ1) is 76.3. The Morgan fingerprint density at radius 2 is 0.500 bits per heavy atom. The van der Waals surface area contributed by atoms with E-state index >= 15 is 0 Å². The lowest BCUT2D eigenvalue weighted by Crippen LogP contribution is -2.51. The third-order valence-corrected chi connectivity index (χ3v) is 17.8. The first-order valence-corrected chi connectivity index (χ1v) is 33.4. The Bertz CT molecular complexity index is 2880. The van der Waals surface area contributed by atoms with Gasteiger partial charge in [-0.2, -0.15) is 54.7 Å². The van der Waals surface area contributed by atoms with E-state index in [1.165, 1.54) is 146 Å². The van der Waals surface area contributed by atoms with E-state index in [-0.39, 0.29) is 19.6 Å². The number of nitriles is 4. The largest absolute Gasteiger partial charge is 0.370 e. The molecule has 0 atom stereocenters. The van der Waals surface area contributed by atoms with E-state index in [0.29, 0.717) is 26.2 Å². The number of likely N-dealkylation sites (N-methyl/N-ethyl adjacent to an activating group) is 1. The molecule has 0 spiro atoms. The van der Waals surface area contributed by atoms with E-state index in [2.05, 4.69) is 52.5 Å². The van der Waals surface area contributed by atoms with Crippen molar-refractivity contribution in [2.45, 2.75) is 105 Å². The van der Waals surface area contributed by atoms with Crippen LogP contribution in [0, 0.1) is 73.0 Å². The van der Waals surface area contributed by atoms with Crippen molar-refractivity contribution in [3.05, 3.63) is 119 Å². The van der Waals surface area contributed by atoms with Gasteiger partial charge in [-0.1, -0.05) is 70.8 Å². The molecule has 0 unspecified atom stereocenters. The van der Waals surface area contributed by atoms with Gasteiger partial charge in [0.25, 0.3) is 40.5 Å². The van der Waals surface area contributed by atoms with E-state index in [0.717, 1.165) is 66.5 Å². The molecule has 0 saturated carbocycles. The summed E-state index contributed by atoms with van der Waals surface area (Å²) in [6, 6.07) is 32.9. The second-order valence-electron chi connectivity index (χ2n) is 22.5. The molecule has 4 aromatic rings. The Kier molecular flexibility index (Phi) is 33.6. The average molecular weight is 1250 g/mol. The van der Waals surface area contributed by atoms with Crippen LogP contribution in [0.2, 0.25) is 0 Å². The van der Waals surface area contributed by atoms with Crippen molar-refractivity contribution in [3.63, 3.8) is 0 Å². The summed E-state index contributed by atoms with van der Waals surface area (Å²) in [5, 5.41) is 34.0. The van der Waals surface area contributed by atoms with Gasteiger partial charge in [0.05, 0.1) is 100 Å². The maximum atomic E-state index is 10.5. The van der Waals surface area contributed by atoms with E-state index in [1.54, 1.807) is 48.5 Å². The fourth-order valence-corrected chi connectivity index (χ4v) is 10.7. The van der Waals surface area contributed by atoms with Crippen molar-refractivity contribution >= 4 is 40.5 Å². The lowest BCUT2D eigenvalue weighted by atomic mass is 10.1. The predicted octanol–water partition coefficient (Wildman–Crippen LogP) is 8.38. The Morgan fingerprint density at radius 1 is 0.333 bits per heavy atom. The van der Waals surface area contributed by atoms with Crippen molar-refractivity contribution in [1.29, 1.82) is 21.0 Å². The first-order valence-electron chi connectivity index (χ1n) is 27.6. The lowest BCUT2D eigenvalue weighted by Gasteiger charge is -2.35. The monoisotopic (exact) mass is 1250 g/mol. The zero-order chi connectivity index (χ0) is 63.7. The first-order chi connectivity index (χ1) is 39.1. The standard InChI is InChI=1S/C9H17N2.C8H15N2.C7H13N2O.C7H13N2.4C7H8O3S/c1-11(9-6-10)7-4-2-3-5-8-11;1-10(8-5-9)6-3-2-4-7-10;1-9(3-2-8)4-6-10-7-5-9;1-9(7-4-8)5-2-3-6-9;4*1-6-2-4-7(5-3-6)11(8,9)10/h2-5,7-9H2,1H3;2-4,6-8H2,1H3;3-7H2,1H3;2-3,5-7H2,1H3;4*2-5H,1H3,(H,8,9,10)/q4*+1;;;;. The van der Waals surface area contributed by atoms with Crippen LogP contribution < -0.4 is 0 Å². The zero-order valence-electron chi connectivity index (χ0n) is 50.2. The molecule has 464 valence electrons. The fourth-order valence-electron chi connectivity index (χ4n) is 8.77. The highest BCUT2D eigenvalue weighted by Crippen LogP contribution is 2.18. The highest BCUT2D eigenvalue weighted by atomic mass is 32.2. The maximum absolute atomic E-state index is 10.5. The van der Waals surface area contributed by atoms with Crippen molar-refractivity contribution < 1.29 is 74.6 Å². The molecule has 4 aromatic carbocycles.